The quantitative estimate of drug-likeness (QED) is 0.880. The van der Waals surface area contributed by atoms with Gasteiger partial charge in [0.15, 0.2) is 9.84 Å². The molecule has 1 atom stereocenters. The average molecular weight is 339 g/mol. The van der Waals surface area contributed by atoms with Crippen LogP contribution >= 0.6 is 0 Å². The SMILES string of the molecule is Cc1ccc(S(=O)(=O)CCC(=O)N2CCCC[C@H]2C(=O)O)cc1. The van der Waals surface area contributed by atoms with Crippen molar-refractivity contribution >= 4 is 21.7 Å². The Balaban J connectivity index is 2.02. The molecule has 1 saturated heterocycles. The van der Waals surface area contributed by atoms with Crippen LogP contribution in [0.1, 0.15) is 31.2 Å². The molecule has 0 radical (unpaired) electrons. The topological polar surface area (TPSA) is 91.8 Å². The second kappa shape index (κ2) is 7.12. The number of carbonyl (C=O) groups is 2. The fourth-order valence-electron chi connectivity index (χ4n) is 2.72. The molecule has 1 aliphatic rings. The first-order chi connectivity index (χ1) is 10.8. The molecule has 0 unspecified atom stereocenters. The number of carbonyl (C=O) groups excluding carboxylic acids is 1. The molecule has 0 bridgehead atoms. The first kappa shape index (κ1) is 17.5. The molecule has 1 aromatic rings. The van der Waals surface area contributed by atoms with E-state index in [0.717, 1.165) is 18.4 Å². The Morgan fingerprint density at radius 3 is 2.48 bits per heavy atom. The Labute approximate surface area is 136 Å². The molecule has 0 aromatic heterocycles. The zero-order chi connectivity index (χ0) is 17.0. The number of aliphatic carboxylic acids is 1. The maximum atomic E-state index is 12.3. The minimum Gasteiger partial charge on any atom is -0.480 e. The third-order valence-electron chi connectivity index (χ3n) is 4.07. The van der Waals surface area contributed by atoms with Crippen LogP contribution in [0.5, 0.6) is 0 Å². The number of benzene rings is 1. The first-order valence-electron chi connectivity index (χ1n) is 7.63. The van der Waals surface area contributed by atoms with Crippen molar-refractivity contribution in [2.75, 3.05) is 12.3 Å². The van der Waals surface area contributed by atoms with Crippen LogP contribution in [0, 0.1) is 6.92 Å². The van der Waals surface area contributed by atoms with E-state index in [9.17, 15) is 23.1 Å². The van der Waals surface area contributed by atoms with Gasteiger partial charge in [0.1, 0.15) is 6.04 Å². The number of nitrogens with zero attached hydrogens (tertiary/aromatic N) is 1. The summed E-state index contributed by atoms with van der Waals surface area (Å²) in [5.41, 5.74) is 0.956. The lowest BCUT2D eigenvalue weighted by molar-refractivity contribution is -0.151. The van der Waals surface area contributed by atoms with Gasteiger partial charge in [-0.25, -0.2) is 13.2 Å². The second-order valence-electron chi connectivity index (χ2n) is 5.82. The molecule has 0 aliphatic carbocycles. The smallest absolute Gasteiger partial charge is 0.326 e. The van der Waals surface area contributed by atoms with Crippen LogP contribution in [0.2, 0.25) is 0 Å². The number of aryl methyl sites for hydroxylation is 1. The number of hydrogen-bond acceptors (Lipinski definition) is 4. The van der Waals surface area contributed by atoms with E-state index in [4.69, 9.17) is 0 Å². The van der Waals surface area contributed by atoms with Gasteiger partial charge in [-0.15, -0.1) is 0 Å². The molecule has 1 N–H and O–H groups in total. The van der Waals surface area contributed by atoms with Crippen LogP contribution < -0.4 is 0 Å². The minimum atomic E-state index is -3.54. The van der Waals surface area contributed by atoms with Crippen molar-refractivity contribution in [3.8, 4) is 0 Å². The van der Waals surface area contributed by atoms with Crippen molar-refractivity contribution < 1.29 is 23.1 Å². The first-order valence-corrected chi connectivity index (χ1v) is 9.28. The number of carboxylic acids is 1. The Hall–Kier alpha value is -1.89. The third kappa shape index (κ3) is 4.31. The van der Waals surface area contributed by atoms with Gasteiger partial charge >= 0.3 is 5.97 Å². The van der Waals surface area contributed by atoms with Gasteiger partial charge in [0.2, 0.25) is 5.91 Å². The van der Waals surface area contributed by atoms with E-state index in [1.54, 1.807) is 12.1 Å². The summed E-state index contributed by atoms with van der Waals surface area (Å²) in [5, 5.41) is 9.18. The summed E-state index contributed by atoms with van der Waals surface area (Å²) in [5.74, 6) is -1.75. The maximum Gasteiger partial charge on any atom is 0.326 e. The summed E-state index contributed by atoms with van der Waals surface area (Å²) in [4.78, 5) is 24.9. The van der Waals surface area contributed by atoms with Crippen molar-refractivity contribution in [3.63, 3.8) is 0 Å². The van der Waals surface area contributed by atoms with Gasteiger partial charge in [0.25, 0.3) is 0 Å². The molecule has 1 amide bonds. The van der Waals surface area contributed by atoms with Crippen molar-refractivity contribution in [2.45, 2.75) is 43.5 Å². The molecule has 0 saturated carbocycles. The minimum absolute atomic E-state index is 0.185. The molecule has 23 heavy (non-hydrogen) atoms. The predicted octanol–water partition coefficient (Wildman–Crippen LogP) is 1.62. The fraction of sp³-hybridized carbons (Fsp3) is 0.500. The van der Waals surface area contributed by atoms with Gasteiger partial charge in [-0.2, -0.15) is 0 Å². The van der Waals surface area contributed by atoms with Crippen LogP contribution in [0.15, 0.2) is 29.2 Å². The third-order valence-corrected chi connectivity index (χ3v) is 5.80. The second-order valence-corrected chi connectivity index (χ2v) is 7.93. The van der Waals surface area contributed by atoms with Gasteiger partial charge < -0.3 is 10.0 Å². The van der Waals surface area contributed by atoms with E-state index in [1.165, 1.54) is 17.0 Å². The van der Waals surface area contributed by atoms with Gasteiger partial charge in [-0.1, -0.05) is 17.7 Å². The average Bonchev–Trinajstić information content (AvgIpc) is 2.53. The Kier molecular flexibility index (Phi) is 5.41. The molecule has 0 spiro atoms. The van der Waals surface area contributed by atoms with Crippen LogP contribution in [-0.2, 0) is 19.4 Å². The molecular weight excluding hydrogens is 318 g/mol. The Morgan fingerprint density at radius 1 is 1.22 bits per heavy atom. The van der Waals surface area contributed by atoms with E-state index < -0.39 is 27.8 Å². The number of sulfone groups is 1. The van der Waals surface area contributed by atoms with E-state index in [0.29, 0.717) is 13.0 Å². The van der Waals surface area contributed by atoms with Gasteiger partial charge in [0, 0.05) is 13.0 Å². The van der Waals surface area contributed by atoms with E-state index in [-0.39, 0.29) is 17.1 Å². The molecule has 6 nitrogen and oxygen atoms in total. The molecule has 1 aromatic carbocycles. The van der Waals surface area contributed by atoms with Gasteiger partial charge in [-0.3, -0.25) is 4.79 Å². The summed E-state index contributed by atoms with van der Waals surface area (Å²) < 4.78 is 24.5. The van der Waals surface area contributed by atoms with E-state index in [1.807, 2.05) is 6.92 Å². The molecule has 1 heterocycles. The molecule has 1 fully saturated rings. The molecule has 126 valence electrons. The standard InChI is InChI=1S/C16H21NO5S/c1-12-5-7-13(8-6-12)23(21,22)11-9-15(18)17-10-3-2-4-14(17)16(19)20/h5-8,14H,2-4,9-11H2,1H3,(H,19,20)/t14-/m0/s1. The number of hydrogen-bond donors (Lipinski definition) is 1. The van der Waals surface area contributed by atoms with E-state index in [2.05, 4.69) is 0 Å². The largest absolute Gasteiger partial charge is 0.480 e. The van der Waals surface area contributed by atoms with Crippen molar-refractivity contribution in [1.82, 2.24) is 4.90 Å². The number of amides is 1. The summed E-state index contributed by atoms with van der Waals surface area (Å²) in [6, 6.07) is 5.63. The number of likely N-dealkylation sites (tertiary alicyclic amines) is 1. The van der Waals surface area contributed by atoms with Crippen LogP contribution in [0.25, 0.3) is 0 Å². The van der Waals surface area contributed by atoms with Gasteiger partial charge in [-0.05, 0) is 38.3 Å². The molecule has 1 aliphatic heterocycles. The highest BCUT2D eigenvalue weighted by molar-refractivity contribution is 7.91. The molecular formula is C16H21NO5S. The molecule has 7 heteroatoms. The normalized spacial score (nSPS) is 18.7. The zero-order valence-corrected chi connectivity index (χ0v) is 13.9. The highest BCUT2D eigenvalue weighted by Gasteiger charge is 2.32. The monoisotopic (exact) mass is 339 g/mol. The maximum absolute atomic E-state index is 12.3. The summed E-state index contributed by atoms with van der Waals surface area (Å²) in [7, 11) is -3.54. The summed E-state index contributed by atoms with van der Waals surface area (Å²) in [6.45, 7) is 2.24. The number of piperidine rings is 1. The number of rotatable bonds is 5. The Morgan fingerprint density at radius 2 is 1.87 bits per heavy atom. The lowest BCUT2D eigenvalue weighted by Gasteiger charge is -2.33. The highest BCUT2D eigenvalue weighted by Crippen LogP contribution is 2.19. The Bertz CT molecular complexity index is 681. The lowest BCUT2D eigenvalue weighted by Crippen LogP contribution is -2.48. The van der Waals surface area contributed by atoms with Gasteiger partial charge in [0.05, 0.1) is 10.6 Å². The predicted molar refractivity (Wildman–Crippen MR) is 84.8 cm³/mol. The summed E-state index contributed by atoms with van der Waals surface area (Å²) >= 11 is 0. The lowest BCUT2D eigenvalue weighted by atomic mass is 10.0. The summed E-state index contributed by atoms with van der Waals surface area (Å²) in [6.07, 6.45) is 1.74. The molecule has 2 rings (SSSR count). The van der Waals surface area contributed by atoms with Crippen LogP contribution in [-0.4, -0.2) is 48.6 Å². The van der Waals surface area contributed by atoms with Crippen LogP contribution in [0.3, 0.4) is 0 Å². The highest BCUT2D eigenvalue weighted by atomic mass is 32.2. The zero-order valence-electron chi connectivity index (χ0n) is 13.1. The fourth-order valence-corrected chi connectivity index (χ4v) is 3.95. The van der Waals surface area contributed by atoms with E-state index >= 15 is 0 Å². The van der Waals surface area contributed by atoms with Crippen molar-refractivity contribution in [2.24, 2.45) is 0 Å². The van der Waals surface area contributed by atoms with Crippen molar-refractivity contribution in [3.05, 3.63) is 29.8 Å². The van der Waals surface area contributed by atoms with Crippen LogP contribution in [0.4, 0.5) is 0 Å². The van der Waals surface area contributed by atoms with Crippen molar-refractivity contribution in [1.29, 1.82) is 0 Å². The number of carboxylic acid groups (broad SMARTS) is 1.